The summed E-state index contributed by atoms with van der Waals surface area (Å²) in [6.07, 6.45) is 2.05. The number of ether oxygens (including phenoxy) is 1. The van der Waals surface area contributed by atoms with Gasteiger partial charge >= 0.3 is 5.97 Å². The van der Waals surface area contributed by atoms with Gasteiger partial charge in [0.25, 0.3) is 0 Å². The number of nitrogens with one attached hydrogen (secondary N) is 1. The molecule has 2 N–H and O–H groups in total. The Kier molecular flexibility index (Phi) is 6.60. The van der Waals surface area contributed by atoms with Crippen molar-refractivity contribution in [1.29, 1.82) is 0 Å². The number of carbonyl (C=O) groups is 2. The Hall–Kier alpha value is -1.88. The first-order valence-corrected chi connectivity index (χ1v) is 6.19. The fourth-order valence-electron chi connectivity index (χ4n) is 1.79. The van der Waals surface area contributed by atoms with Crippen molar-refractivity contribution in [2.24, 2.45) is 0 Å². The van der Waals surface area contributed by atoms with Crippen molar-refractivity contribution in [3.63, 3.8) is 0 Å². The van der Waals surface area contributed by atoms with E-state index >= 15 is 0 Å². The molecule has 104 valence electrons. The maximum Gasteiger partial charge on any atom is 0.328 e. The highest BCUT2D eigenvalue weighted by Crippen LogP contribution is 2.07. The van der Waals surface area contributed by atoms with Crippen molar-refractivity contribution >= 4 is 11.9 Å². The van der Waals surface area contributed by atoms with Crippen LogP contribution < -0.4 is 5.32 Å². The molecular formula is C14H19NO4. The number of aryl methyl sites for hydroxylation is 1. The van der Waals surface area contributed by atoms with Crippen LogP contribution in [-0.2, 0) is 20.7 Å². The topological polar surface area (TPSA) is 75.6 Å². The normalized spacial score (nSPS) is 11.7. The van der Waals surface area contributed by atoms with Gasteiger partial charge in [-0.3, -0.25) is 4.79 Å². The lowest BCUT2D eigenvalue weighted by Crippen LogP contribution is -2.42. The minimum atomic E-state index is -0.701. The number of aliphatic hydroxyl groups is 1. The second-order valence-corrected chi connectivity index (χ2v) is 4.18. The van der Waals surface area contributed by atoms with E-state index in [4.69, 9.17) is 5.11 Å². The molecule has 1 atom stereocenters. The van der Waals surface area contributed by atoms with E-state index in [0.29, 0.717) is 6.42 Å². The highest BCUT2D eigenvalue weighted by Gasteiger charge is 2.20. The molecule has 0 radical (unpaired) electrons. The van der Waals surface area contributed by atoms with Gasteiger partial charge in [0.05, 0.1) is 7.11 Å². The zero-order valence-electron chi connectivity index (χ0n) is 11.0. The number of rotatable bonds is 7. The number of amides is 1. The fourth-order valence-corrected chi connectivity index (χ4v) is 1.79. The summed E-state index contributed by atoms with van der Waals surface area (Å²) in [4.78, 5) is 22.6. The summed E-state index contributed by atoms with van der Waals surface area (Å²) in [5.74, 6) is -1.06. The van der Waals surface area contributed by atoms with Gasteiger partial charge in [0, 0.05) is 0 Å². The molecule has 0 aromatic heterocycles. The lowest BCUT2D eigenvalue weighted by atomic mass is 10.0. The van der Waals surface area contributed by atoms with Gasteiger partial charge in [-0.1, -0.05) is 30.3 Å². The van der Waals surface area contributed by atoms with E-state index in [1.54, 1.807) is 0 Å². The molecule has 5 nitrogen and oxygen atoms in total. The molecule has 0 unspecified atom stereocenters. The average molecular weight is 265 g/mol. The molecule has 0 aliphatic carbocycles. The van der Waals surface area contributed by atoms with Crippen molar-refractivity contribution in [2.75, 3.05) is 13.7 Å². The maximum atomic E-state index is 11.5. The van der Waals surface area contributed by atoms with Gasteiger partial charge in [-0.2, -0.15) is 0 Å². The molecule has 1 rings (SSSR count). The summed E-state index contributed by atoms with van der Waals surface area (Å²) in [5.41, 5.74) is 1.18. The molecule has 0 fully saturated rings. The molecule has 0 aliphatic rings. The number of esters is 1. The average Bonchev–Trinajstić information content (AvgIpc) is 2.46. The molecular weight excluding hydrogens is 246 g/mol. The van der Waals surface area contributed by atoms with Crippen LogP contribution in [0.25, 0.3) is 0 Å². The largest absolute Gasteiger partial charge is 0.467 e. The minimum Gasteiger partial charge on any atom is -0.467 e. The number of hydrogen-bond acceptors (Lipinski definition) is 4. The predicted molar refractivity (Wildman–Crippen MR) is 70.4 cm³/mol. The summed E-state index contributed by atoms with van der Waals surface area (Å²) in [6.45, 7) is -0.633. The van der Waals surface area contributed by atoms with Crippen LogP contribution in [0.5, 0.6) is 0 Å². The molecule has 0 saturated heterocycles. The molecule has 0 spiro atoms. The van der Waals surface area contributed by atoms with Crippen molar-refractivity contribution in [3.05, 3.63) is 35.9 Å². The van der Waals surface area contributed by atoms with E-state index < -0.39 is 24.5 Å². The second kappa shape index (κ2) is 8.26. The standard InChI is InChI=1S/C14H19NO4/c1-19-14(18)12(15-13(17)10-16)9-5-8-11-6-3-2-4-7-11/h2-4,6-7,12,16H,5,8-10H2,1H3,(H,15,17)/t12-/m0/s1. The van der Waals surface area contributed by atoms with Crippen molar-refractivity contribution in [1.82, 2.24) is 5.32 Å². The molecule has 19 heavy (non-hydrogen) atoms. The summed E-state index contributed by atoms with van der Waals surface area (Å²) in [5, 5.41) is 11.1. The highest BCUT2D eigenvalue weighted by molar-refractivity contribution is 5.84. The summed E-state index contributed by atoms with van der Waals surface area (Å²) >= 11 is 0. The van der Waals surface area contributed by atoms with E-state index in [0.717, 1.165) is 12.8 Å². The van der Waals surface area contributed by atoms with Gasteiger partial charge in [0.2, 0.25) is 5.91 Å². The first-order chi connectivity index (χ1) is 9.17. The Morgan fingerprint density at radius 2 is 2.00 bits per heavy atom. The third-order valence-corrected chi connectivity index (χ3v) is 2.77. The van der Waals surface area contributed by atoms with Crippen molar-refractivity contribution in [3.8, 4) is 0 Å². The van der Waals surface area contributed by atoms with Gasteiger partial charge < -0.3 is 15.2 Å². The number of aliphatic hydroxyl groups excluding tert-OH is 1. The van der Waals surface area contributed by atoms with E-state index in [2.05, 4.69) is 10.1 Å². The van der Waals surface area contributed by atoms with Crippen LogP contribution in [0.2, 0.25) is 0 Å². The second-order valence-electron chi connectivity index (χ2n) is 4.18. The number of benzene rings is 1. The first kappa shape index (κ1) is 15.2. The fraction of sp³-hybridized carbons (Fsp3) is 0.429. The lowest BCUT2D eigenvalue weighted by Gasteiger charge is -2.15. The zero-order valence-corrected chi connectivity index (χ0v) is 11.0. The monoisotopic (exact) mass is 265 g/mol. The Morgan fingerprint density at radius 3 is 2.58 bits per heavy atom. The molecule has 1 aromatic rings. The number of methoxy groups -OCH3 is 1. The van der Waals surface area contributed by atoms with Crippen LogP contribution in [0.4, 0.5) is 0 Å². The molecule has 0 saturated carbocycles. The van der Waals surface area contributed by atoms with Crippen LogP contribution in [0.3, 0.4) is 0 Å². The first-order valence-electron chi connectivity index (χ1n) is 6.19. The summed E-state index contributed by atoms with van der Waals surface area (Å²) in [7, 11) is 1.28. The van der Waals surface area contributed by atoms with E-state index in [-0.39, 0.29) is 0 Å². The Balaban J connectivity index is 2.44. The summed E-state index contributed by atoms with van der Waals surface area (Å²) < 4.78 is 4.63. The van der Waals surface area contributed by atoms with Crippen LogP contribution in [0.1, 0.15) is 18.4 Å². The Labute approximate surface area is 112 Å². The third-order valence-electron chi connectivity index (χ3n) is 2.77. The van der Waals surface area contributed by atoms with Crippen LogP contribution in [-0.4, -0.2) is 36.7 Å². The van der Waals surface area contributed by atoms with Gasteiger partial charge in [-0.25, -0.2) is 4.79 Å². The number of carbonyl (C=O) groups excluding carboxylic acids is 2. The predicted octanol–water partition coefficient (Wildman–Crippen LogP) is 0.659. The van der Waals surface area contributed by atoms with Crippen molar-refractivity contribution < 1.29 is 19.4 Å². The lowest BCUT2D eigenvalue weighted by molar-refractivity contribution is -0.145. The van der Waals surface area contributed by atoms with Crippen molar-refractivity contribution in [2.45, 2.75) is 25.3 Å². The minimum absolute atomic E-state index is 0.479. The molecule has 0 bridgehead atoms. The molecule has 5 heteroatoms. The van der Waals surface area contributed by atoms with Crippen LogP contribution >= 0.6 is 0 Å². The highest BCUT2D eigenvalue weighted by atomic mass is 16.5. The van der Waals surface area contributed by atoms with E-state index in [9.17, 15) is 9.59 Å². The summed E-state index contributed by atoms with van der Waals surface area (Å²) in [6, 6.07) is 9.19. The van der Waals surface area contributed by atoms with Gasteiger partial charge in [-0.05, 0) is 24.8 Å². The van der Waals surface area contributed by atoms with E-state index in [1.807, 2.05) is 30.3 Å². The molecule has 1 aromatic carbocycles. The van der Waals surface area contributed by atoms with Crippen LogP contribution in [0, 0.1) is 0 Å². The number of hydrogen-bond donors (Lipinski definition) is 2. The quantitative estimate of drug-likeness (QED) is 0.710. The molecule has 0 heterocycles. The van der Waals surface area contributed by atoms with Gasteiger partial charge in [0.1, 0.15) is 12.6 Å². The SMILES string of the molecule is COC(=O)[C@H](CCCc1ccccc1)NC(=O)CO. The van der Waals surface area contributed by atoms with Gasteiger partial charge in [0.15, 0.2) is 0 Å². The molecule has 1 amide bonds. The Morgan fingerprint density at radius 1 is 1.32 bits per heavy atom. The van der Waals surface area contributed by atoms with Gasteiger partial charge in [-0.15, -0.1) is 0 Å². The zero-order chi connectivity index (χ0) is 14.1. The molecule has 0 aliphatic heterocycles. The third kappa shape index (κ3) is 5.52. The maximum absolute atomic E-state index is 11.5. The van der Waals surface area contributed by atoms with E-state index in [1.165, 1.54) is 12.7 Å². The smallest absolute Gasteiger partial charge is 0.328 e. The van der Waals surface area contributed by atoms with Crippen LogP contribution in [0.15, 0.2) is 30.3 Å². The Bertz CT molecular complexity index is 405.